The molecule has 1 atom stereocenters. The van der Waals surface area contributed by atoms with Crippen molar-refractivity contribution in [2.75, 3.05) is 19.8 Å². The summed E-state index contributed by atoms with van der Waals surface area (Å²) >= 11 is 0. The molecule has 6 nitrogen and oxygen atoms in total. The highest BCUT2D eigenvalue weighted by molar-refractivity contribution is 6.73. The van der Waals surface area contributed by atoms with E-state index < -0.39 is 26.0 Å². The van der Waals surface area contributed by atoms with Crippen LogP contribution < -0.4 is 0 Å². The first kappa shape index (κ1) is 25.7. The number of ether oxygens (including phenoxy) is 3. The maximum atomic E-state index is 12.6. The number of esters is 1. The molecule has 0 heterocycles. The van der Waals surface area contributed by atoms with Crippen LogP contribution >= 0.6 is 0 Å². The molecule has 0 aliphatic carbocycles. The van der Waals surface area contributed by atoms with Crippen LogP contribution in [0.3, 0.4) is 0 Å². The van der Waals surface area contributed by atoms with Crippen molar-refractivity contribution in [2.24, 2.45) is 5.41 Å². The van der Waals surface area contributed by atoms with Gasteiger partial charge < -0.3 is 18.6 Å². The van der Waals surface area contributed by atoms with Gasteiger partial charge in [-0.1, -0.05) is 20.8 Å². The van der Waals surface area contributed by atoms with Crippen molar-refractivity contribution in [3.05, 3.63) is 11.6 Å². The highest BCUT2D eigenvalue weighted by atomic mass is 28.4. The minimum Gasteiger partial charge on any atom is -0.465 e. The smallest absolute Gasteiger partial charge is 0.465 e. The van der Waals surface area contributed by atoms with Crippen molar-refractivity contribution in [2.45, 2.75) is 79.6 Å². The zero-order valence-corrected chi connectivity index (χ0v) is 19.3. The predicted octanol–water partition coefficient (Wildman–Crippen LogP) is 5.09. The van der Waals surface area contributed by atoms with Gasteiger partial charge >= 0.3 is 12.1 Å². The molecule has 0 N–H and O–H groups in total. The molecular weight excluding hydrogens is 364 g/mol. The molecule has 158 valence electrons. The van der Waals surface area contributed by atoms with Gasteiger partial charge in [-0.3, -0.25) is 4.79 Å². The Kier molecular flexibility index (Phi) is 11.6. The van der Waals surface area contributed by atoms with E-state index in [1.165, 1.54) is 0 Å². The van der Waals surface area contributed by atoms with Crippen molar-refractivity contribution in [3.8, 4) is 0 Å². The van der Waals surface area contributed by atoms with Gasteiger partial charge in [0.15, 0.2) is 8.32 Å². The Morgan fingerprint density at radius 3 is 1.89 bits per heavy atom. The molecule has 0 fully saturated rings. The number of carbonyl (C=O) groups excluding carboxylic acids is 2. The maximum absolute atomic E-state index is 12.6. The molecule has 0 saturated heterocycles. The van der Waals surface area contributed by atoms with E-state index in [-0.39, 0.29) is 19.2 Å². The lowest BCUT2D eigenvalue weighted by atomic mass is 9.83. The Hall–Kier alpha value is -1.34. The Balaban J connectivity index is 5.63. The van der Waals surface area contributed by atoms with Crippen LogP contribution in [0.2, 0.25) is 18.1 Å². The second-order valence-corrected chi connectivity index (χ2v) is 11.8. The lowest BCUT2D eigenvalue weighted by Gasteiger charge is -2.40. The standard InChI is InChI=1S/C20H38O6Si/c1-9-23-18(21)20(7,8)17(26-27(11-3,12-4)13-5)16(6)14-15-25-19(22)24-10-2/h14,17H,9-13,15H2,1-8H3/b16-14+. The predicted molar refractivity (Wildman–Crippen MR) is 109 cm³/mol. The molecule has 27 heavy (non-hydrogen) atoms. The molecule has 0 radical (unpaired) electrons. The lowest BCUT2D eigenvalue weighted by Crippen LogP contribution is -2.49. The number of carbonyl (C=O) groups is 2. The van der Waals surface area contributed by atoms with E-state index in [4.69, 9.17) is 18.6 Å². The quantitative estimate of drug-likeness (QED) is 0.257. The van der Waals surface area contributed by atoms with Crippen molar-refractivity contribution >= 4 is 20.4 Å². The molecule has 1 unspecified atom stereocenters. The maximum Gasteiger partial charge on any atom is 0.508 e. The first-order valence-corrected chi connectivity index (χ1v) is 12.5. The molecule has 0 amide bonds. The third-order valence-electron chi connectivity index (χ3n) is 5.04. The third-order valence-corrected chi connectivity index (χ3v) is 9.64. The highest BCUT2D eigenvalue weighted by Gasteiger charge is 2.44. The molecular formula is C20H38O6Si. The van der Waals surface area contributed by atoms with E-state index in [2.05, 4.69) is 20.8 Å². The highest BCUT2D eigenvalue weighted by Crippen LogP contribution is 2.35. The fourth-order valence-electron chi connectivity index (χ4n) is 2.99. The van der Waals surface area contributed by atoms with Crippen LogP contribution in [0.4, 0.5) is 4.79 Å². The fraction of sp³-hybridized carbons (Fsp3) is 0.800. The van der Waals surface area contributed by atoms with Gasteiger partial charge in [0.2, 0.25) is 0 Å². The van der Waals surface area contributed by atoms with Gasteiger partial charge in [0.05, 0.1) is 24.7 Å². The van der Waals surface area contributed by atoms with E-state index in [1.54, 1.807) is 19.9 Å². The zero-order chi connectivity index (χ0) is 21.1. The van der Waals surface area contributed by atoms with Gasteiger partial charge in [0.25, 0.3) is 0 Å². The van der Waals surface area contributed by atoms with Crippen molar-refractivity contribution in [1.82, 2.24) is 0 Å². The SMILES string of the molecule is CCOC(=O)OC/C=C(\C)C(O[Si](CC)(CC)CC)C(C)(C)C(=O)OCC. The van der Waals surface area contributed by atoms with E-state index >= 15 is 0 Å². The summed E-state index contributed by atoms with van der Waals surface area (Å²) in [7, 11) is -1.98. The molecule has 0 aromatic rings. The van der Waals surface area contributed by atoms with E-state index in [0.717, 1.165) is 23.7 Å². The van der Waals surface area contributed by atoms with Crippen molar-refractivity contribution < 1.29 is 28.2 Å². The Bertz CT molecular complexity index is 488. The molecule has 0 bridgehead atoms. The zero-order valence-electron chi connectivity index (χ0n) is 18.3. The van der Waals surface area contributed by atoms with Crippen LogP contribution in [0.25, 0.3) is 0 Å². The van der Waals surface area contributed by atoms with Crippen LogP contribution in [-0.4, -0.2) is 46.4 Å². The minimum absolute atomic E-state index is 0.0718. The van der Waals surface area contributed by atoms with E-state index in [1.807, 2.05) is 20.8 Å². The van der Waals surface area contributed by atoms with Crippen LogP contribution in [0, 0.1) is 5.41 Å². The van der Waals surface area contributed by atoms with Crippen LogP contribution in [0.15, 0.2) is 11.6 Å². The second kappa shape index (κ2) is 12.2. The summed E-state index contributed by atoms with van der Waals surface area (Å²) in [6.07, 6.45) is 0.639. The lowest BCUT2D eigenvalue weighted by molar-refractivity contribution is -0.158. The summed E-state index contributed by atoms with van der Waals surface area (Å²) in [6.45, 7) is 16.2. The second-order valence-electron chi connectivity index (χ2n) is 7.13. The average Bonchev–Trinajstić information content (AvgIpc) is 2.63. The Labute approximate surface area is 165 Å². The van der Waals surface area contributed by atoms with E-state index in [0.29, 0.717) is 6.61 Å². The first-order valence-electron chi connectivity index (χ1n) is 9.95. The van der Waals surface area contributed by atoms with Gasteiger partial charge in [-0.2, -0.15) is 0 Å². The van der Waals surface area contributed by atoms with Gasteiger partial charge in [-0.25, -0.2) is 4.79 Å². The number of hydrogen-bond acceptors (Lipinski definition) is 6. The molecule has 0 aliphatic rings. The monoisotopic (exact) mass is 402 g/mol. The summed E-state index contributed by atoms with van der Waals surface area (Å²) in [5.74, 6) is -0.291. The van der Waals surface area contributed by atoms with Gasteiger partial charge in [0.1, 0.15) is 6.61 Å². The summed E-state index contributed by atoms with van der Waals surface area (Å²) in [4.78, 5) is 24.0. The van der Waals surface area contributed by atoms with Gasteiger partial charge in [-0.05, 0) is 64.4 Å². The minimum atomic E-state index is -1.98. The van der Waals surface area contributed by atoms with Gasteiger partial charge in [0, 0.05) is 0 Å². The van der Waals surface area contributed by atoms with Crippen LogP contribution in [0.1, 0.15) is 55.4 Å². The molecule has 0 aromatic heterocycles. The fourth-order valence-corrected chi connectivity index (χ4v) is 5.97. The molecule has 0 aromatic carbocycles. The van der Waals surface area contributed by atoms with Crippen LogP contribution in [-0.2, 0) is 23.4 Å². The molecule has 7 heteroatoms. The Morgan fingerprint density at radius 1 is 0.926 bits per heavy atom. The topological polar surface area (TPSA) is 71.1 Å². The number of rotatable bonds is 12. The first-order chi connectivity index (χ1) is 12.6. The Morgan fingerprint density at radius 2 is 1.44 bits per heavy atom. The van der Waals surface area contributed by atoms with Crippen molar-refractivity contribution in [1.29, 1.82) is 0 Å². The van der Waals surface area contributed by atoms with E-state index in [9.17, 15) is 9.59 Å². The largest absolute Gasteiger partial charge is 0.508 e. The molecule has 0 spiro atoms. The summed E-state index contributed by atoms with van der Waals surface area (Å²) in [6, 6.07) is 2.92. The third kappa shape index (κ3) is 7.66. The molecule has 0 aliphatic heterocycles. The summed E-state index contributed by atoms with van der Waals surface area (Å²) < 4.78 is 21.8. The normalized spacial score (nSPS) is 13.9. The number of hydrogen-bond donors (Lipinski definition) is 0. The molecule has 0 saturated carbocycles. The summed E-state index contributed by atoms with van der Waals surface area (Å²) in [5.41, 5.74) is 0.00253. The van der Waals surface area contributed by atoms with Crippen molar-refractivity contribution in [3.63, 3.8) is 0 Å². The van der Waals surface area contributed by atoms with Crippen LogP contribution in [0.5, 0.6) is 0 Å². The average molecular weight is 403 g/mol. The summed E-state index contributed by atoms with van der Waals surface area (Å²) in [5, 5.41) is 0. The van der Waals surface area contributed by atoms with Gasteiger partial charge in [-0.15, -0.1) is 0 Å². The molecule has 0 rings (SSSR count).